The SMILES string of the molecule is COc1c(I)cc(I)cc1/C=C1/SC(=O)N(CC(=O)c2ccc([N+](=O)[O-])cc2)C1=O. The van der Waals surface area contributed by atoms with E-state index in [0.717, 1.165) is 23.8 Å². The molecule has 0 saturated carbocycles. The number of hydrogen-bond donors (Lipinski definition) is 0. The molecule has 0 aromatic heterocycles. The van der Waals surface area contributed by atoms with Crippen molar-refractivity contribution in [3.63, 3.8) is 0 Å². The van der Waals surface area contributed by atoms with Crippen molar-refractivity contribution < 1.29 is 24.0 Å². The van der Waals surface area contributed by atoms with Crippen LogP contribution in [0.15, 0.2) is 41.3 Å². The first-order valence-electron chi connectivity index (χ1n) is 8.27. The molecule has 8 nitrogen and oxygen atoms in total. The van der Waals surface area contributed by atoms with Crippen molar-refractivity contribution in [2.75, 3.05) is 13.7 Å². The monoisotopic (exact) mass is 650 g/mol. The molecule has 0 radical (unpaired) electrons. The number of methoxy groups -OCH3 is 1. The van der Waals surface area contributed by atoms with Crippen LogP contribution in [0.25, 0.3) is 6.08 Å². The van der Waals surface area contributed by atoms with E-state index in [1.807, 2.05) is 12.1 Å². The molecule has 11 heteroatoms. The zero-order valence-electron chi connectivity index (χ0n) is 15.3. The van der Waals surface area contributed by atoms with Crippen molar-refractivity contribution in [1.82, 2.24) is 4.90 Å². The minimum atomic E-state index is -0.574. The molecule has 154 valence electrons. The summed E-state index contributed by atoms with van der Waals surface area (Å²) in [5.74, 6) is -0.476. The maximum absolute atomic E-state index is 12.7. The highest BCUT2D eigenvalue weighted by Gasteiger charge is 2.36. The lowest BCUT2D eigenvalue weighted by atomic mass is 10.1. The number of nitro benzene ring substituents is 1. The summed E-state index contributed by atoms with van der Waals surface area (Å²) in [7, 11) is 1.52. The fourth-order valence-electron chi connectivity index (χ4n) is 2.68. The normalized spacial score (nSPS) is 15.0. The number of halogens is 2. The summed E-state index contributed by atoms with van der Waals surface area (Å²) < 4.78 is 7.21. The van der Waals surface area contributed by atoms with E-state index in [1.165, 1.54) is 31.4 Å². The number of amides is 2. The van der Waals surface area contributed by atoms with Crippen LogP contribution in [0.5, 0.6) is 5.75 Å². The van der Waals surface area contributed by atoms with E-state index in [-0.39, 0.29) is 16.2 Å². The Bertz CT molecular complexity index is 1100. The molecular formula is C19H12I2N2O6S. The molecule has 30 heavy (non-hydrogen) atoms. The summed E-state index contributed by atoms with van der Waals surface area (Å²) >= 11 is 5.02. The highest BCUT2D eigenvalue weighted by Crippen LogP contribution is 2.36. The Morgan fingerprint density at radius 2 is 1.90 bits per heavy atom. The highest BCUT2D eigenvalue weighted by molar-refractivity contribution is 14.1. The molecule has 0 N–H and O–H groups in total. The predicted octanol–water partition coefficient (Wildman–Crippen LogP) is 4.73. The average Bonchev–Trinajstić information content (AvgIpc) is 2.95. The predicted molar refractivity (Wildman–Crippen MR) is 129 cm³/mol. The second-order valence-electron chi connectivity index (χ2n) is 6.01. The maximum atomic E-state index is 12.7. The van der Waals surface area contributed by atoms with Crippen LogP contribution < -0.4 is 4.74 Å². The van der Waals surface area contributed by atoms with E-state index in [9.17, 15) is 24.5 Å². The molecule has 2 aromatic carbocycles. The van der Waals surface area contributed by atoms with Crippen LogP contribution in [0.2, 0.25) is 0 Å². The van der Waals surface area contributed by atoms with Gasteiger partial charge in [-0.1, -0.05) is 0 Å². The fourth-order valence-corrected chi connectivity index (χ4v) is 5.62. The molecule has 2 amide bonds. The molecule has 1 heterocycles. The number of thioether (sulfide) groups is 1. The standard InChI is InChI=1S/C19H12I2N2O6S/c1-29-17-11(6-12(20)8-14(17)21)7-16-18(25)22(19(26)30-16)9-15(24)10-2-4-13(5-3-10)23(27)28/h2-8H,9H2,1H3/b16-7+. The third kappa shape index (κ3) is 4.83. The van der Waals surface area contributed by atoms with E-state index in [2.05, 4.69) is 45.2 Å². The topological polar surface area (TPSA) is 107 Å². The van der Waals surface area contributed by atoms with E-state index >= 15 is 0 Å². The van der Waals surface area contributed by atoms with Crippen molar-refractivity contribution in [2.45, 2.75) is 0 Å². The Morgan fingerprint density at radius 1 is 1.23 bits per heavy atom. The van der Waals surface area contributed by atoms with Gasteiger partial charge in [-0.3, -0.25) is 29.4 Å². The first kappa shape index (κ1) is 22.7. The Labute approximate surface area is 202 Å². The van der Waals surface area contributed by atoms with Crippen molar-refractivity contribution >= 4 is 85.6 Å². The highest BCUT2D eigenvalue weighted by atomic mass is 127. The Hall–Kier alpha value is -2.00. The Morgan fingerprint density at radius 3 is 2.50 bits per heavy atom. The molecule has 1 aliphatic rings. The third-order valence-corrected chi connectivity index (χ3v) is 6.43. The van der Waals surface area contributed by atoms with Crippen LogP contribution in [-0.4, -0.2) is 40.4 Å². The summed E-state index contributed by atoms with van der Waals surface area (Å²) in [6, 6.07) is 8.75. The molecule has 0 spiro atoms. The van der Waals surface area contributed by atoms with Crippen LogP contribution in [-0.2, 0) is 4.79 Å². The van der Waals surface area contributed by atoms with Gasteiger partial charge in [0.15, 0.2) is 5.78 Å². The molecule has 0 atom stereocenters. The summed E-state index contributed by atoms with van der Waals surface area (Å²) in [5.41, 5.74) is 0.681. The van der Waals surface area contributed by atoms with Gasteiger partial charge in [0.25, 0.3) is 16.8 Å². The number of nitrogens with zero attached hydrogens (tertiary/aromatic N) is 2. The number of nitro groups is 1. The molecule has 1 fully saturated rings. The molecule has 0 unspecified atom stereocenters. The van der Waals surface area contributed by atoms with E-state index < -0.39 is 28.4 Å². The summed E-state index contributed by atoms with van der Waals surface area (Å²) in [6.07, 6.45) is 1.57. The van der Waals surface area contributed by atoms with Gasteiger partial charge in [0, 0.05) is 26.8 Å². The van der Waals surface area contributed by atoms with Gasteiger partial charge >= 0.3 is 0 Å². The van der Waals surface area contributed by atoms with Gasteiger partial charge in [-0.05, 0) is 87.3 Å². The Balaban J connectivity index is 1.82. The second-order valence-corrected chi connectivity index (χ2v) is 9.41. The van der Waals surface area contributed by atoms with Gasteiger partial charge < -0.3 is 4.74 Å². The minimum Gasteiger partial charge on any atom is -0.495 e. The number of ketones is 1. The van der Waals surface area contributed by atoms with Crippen molar-refractivity contribution in [1.29, 1.82) is 0 Å². The van der Waals surface area contributed by atoms with Gasteiger partial charge in [-0.25, -0.2) is 0 Å². The number of imide groups is 1. The van der Waals surface area contributed by atoms with Gasteiger partial charge in [0.2, 0.25) is 0 Å². The van der Waals surface area contributed by atoms with Crippen LogP contribution in [0.4, 0.5) is 10.5 Å². The molecule has 3 rings (SSSR count). The third-order valence-electron chi connectivity index (χ3n) is 4.10. The molecule has 1 saturated heterocycles. The smallest absolute Gasteiger partial charge is 0.293 e. The molecular weight excluding hydrogens is 638 g/mol. The fraction of sp³-hybridized carbons (Fsp3) is 0.105. The quantitative estimate of drug-likeness (QED) is 0.146. The number of hydrogen-bond acceptors (Lipinski definition) is 7. The largest absolute Gasteiger partial charge is 0.495 e. The van der Waals surface area contributed by atoms with Crippen molar-refractivity contribution in [3.05, 3.63) is 69.7 Å². The van der Waals surface area contributed by atoms with Crippen LogP contribution in [0.1, 0.15) is 15.9 Å². The summed E-state index contributed by atoms with van der Waals surface area (Å²) in [6.45, 7) is -0.444. The maximum Gasteiger partial charge on any atom is 0.293 e. The number of Topliss-reactive ketones (excluding diaryl/α,β-unsaturated/α-hetero) is 1. The zero-order chi connectivity index (χ0) is 22.0. The number of rotatable bonds is 6. The van der Waals surface area contributed by atoms with Crippen LogP contribution >= 0.6 is 56.9 Å². The number of non-ortho nitro benzene ring substituents is 1. The van der Waals surface area contributed by atoms with E-state index in [4.69, 9.17) is 4.74 Å². The van der Waals surface area contributed by atoms with Gasteiger partial charge in [0.05, 0.1) is 27.1 Å². The lowest BCUT2D eigenvalue weighted by Gasteiger charge is -2.11. The Kier molecular flexibility index (Phi) is 7.13. The van der Waals surface area contributed by atoms with Gasteiger partial charge in [-0.15, -0.1) is 0 Å². The number of benzene rings is 2. The average molecular weight is 650 g/mol. The summed E-state index contributed by atoms with van der Waals surface area (Å²) in [4.78, 5) is 48.7. The van der Waals surface area contributed by atoms with E-state index in [1.54, 1.807) is 6.08 Å². The van der Waals surface area contributed by atoms with E-state index in [0.29, 0.717) is 11.3 Å². The number of ether oxygens (including phenoxy) is 1. The molecule has 0 bridgehead atoms. The molecule has 1 aliphatic heterocycles. The molecule has 0 aliphatic carbocycles. The first-order chi connectivity index (χ1) is 14.2. The number of carbonyl (C=O) groups is 3. The number of carbonyl (C=O) groups excluding carboxylic acids is 3. The van der Waals surface area contributed by atoms with Crippen LogP contribution in [0, 0.1) is 17.3 Å². The van der Waals surface area contributed by atoms with Gasteiger partial charge in [-0.2, -0.15) is 0 Å². The molecule has 2 aromatic rings. The lowest BCUT2D eigenvalue weighted by molar-refractivity contribution is -0.384. The second kappa shape index (κ2) is 9.43. The van der Waals surface area contributed by atoms with Crippen molar-refractivity contribution in [2.24, 2.45) is 0 Å². The zero-order valence-corrected chi connectivity index (χ0v) is 20.4. The van der Waals surface area contributed by atoms with Crippen molar-refractivity contribution in [3.8, 4) is 5.75 Å². The first-order valence-corrected chi connectivity index (χ1v) is 11.2. The summed E-state index contributed by atoms with van der Waals surface area (Å²) in [5, 5.41) is 10.2. The van der Waals surface area contributed by atoms with Crippen LogP contribution in [0.3, 0.4) is 0 Å². The lowest BCUT2D eigenvalue weighted by Crippen LogP contribution is -2.33. The van der Waals surface area contributed by atoms with Gasteiger partial charge in [0.1, 0.15) is 5.75 Å². The minimum absolute atomic E-state index is 0.151.